The second kappa shape index (κ2) is 8.72. The van der Waals surface area contributed by atoms with Crippen LogP contribution in [0.15, 0.2) is 24.3 Å². The molecule has 1 aliphatic rings. The summed E-state index contributed by atoms with van der Waals surface area (Å²) in [6.45, 7) is 3.51. The first-order chi connectivity index (χ1) is 11.5. The van der Waals surface area contributed by atoms with Crippen LogP contribution in [0.2, 0.25) is 0 Å². The first-order valence-electron chi connectivity index (χ1n) is 8.03. The number of likely N-dealkylation sites (tertiary alicyclic amines) is 1. The van der Waals surface area contributed by atoms with Gasteiger partial charge in [-0.3, -0.25) is 19.8 Å². The van der Waals surface area contributed by atoms with Gasteiger partial charge in [-0.15, -0.1) is 0 Å². The number of hydrogen-bond donors (Lipinski definition) is 2. The molecule has 132 valence electrons. The van der Waals surface area contributed by atoms with Crippen molar-refractivity contribution in [1.29, 1.82) is 0 Å². The molecule has 1 fully saturated rings. The molecule has 0 unspecified atom stereocenters. The minimum Gasteiger partial charge on any atom is -0.394 e. The van der Waals surface area contributed by atoms with E-state index in [-0.39, 0.29) is 30.3 Å². The van der Waals surface area contributed by atoms with Crippen molar-refractivity contribution in [2.24, 2.45) is 0 Å². The van der Waals surface area contributed by atoms with E-state index in [0.717, 1.165) is 19.4 Å². The zero-order chi connectivity index (χ0) is 17.5. The van der Waals surface area contributed by atoms with Crippen LogP contribution in [0.4, 0.5) is 11.4 Å². The number of nitro groups is 1. The first kappa shape index (κ1) is 18.3. The molecule has 0 spiro atoms. The van der Waals surface area contributed by atoms with Gasteiger partial charge in [0.2, 0.25) is 5.91 Å². The Labute approximate surface area is 140 Å². The molecule has 1 amide bonds. The fourth-order valence-corrected chi connectivity index (χ4v) is 2.78. The number of carbonyl (C=O) groups excluding carboxylic acids is 1. The van der Waals surface area contributed by atoms with Crippen LogP contribution in [-0.4, -0.2) is 59.3 Å². The fraction of sp³-hybridized carbons (Fsp3) is 0.562. The molecular formula is C16H23N3O5. The predicted molar refractivity (Wildman–Crippen MR) is 88.8 cm³/mol. The van der Waals surface area contributed by atoms with Crippen LogP contribution in [0.1, 0.15) is 19.8 Å². The SMILES string of the molecule is C[C@H](C(=O)Nc1cccc([N+](=O)[O-])c1)N1CCC[C@@H](OCCO)C1. The molecule has 1 aromatic rings. The number of anilines is 1. The molecule has 0 radical (unpaired) electrons. The highest BCUT2D eigenvalue weighted by Gasteiger charge is 2.28. The molecule has 0 saturated carbocycles. The van der Waals surface area contributed by atoms with Gasteiger partial charge >= 0.3 is 0 Å². The molecule has 2 atom stereocenters. The van der Waals surface area contributed by atoms with Gasteiger partial charge in [0.25, 0.3) is 5.69 Å². The van der Waals surface area contributed by atoms with Gasteiger partial charge in [0.15, 0.2) is 0 Å². The van der Waals surface area contributed by atoms with Crippen molar-refractivity contribution in [3.63, 3.8) is 0 Å². The maximum absolute atomic E-state index is 12.4. The number of nitrogens with zero attached hydrogens (tertiary/aromatic N) is 2. The molecule has 1 heterocycles. The van der Waals surface area contributed by atoms with E-state index in [1.165, 1.54) is 18.2 Å². The van der Waals surface area contributed by atoms with E-state index in [1.807, 2.05) is 4.90 Å². The molecule has 0 aromatic heterocycles. The lowest BCUT2D eigenvalue weighted by Gasteiger charge is -2.35. The zero-order valence-corrected chi connectivity index (χ0v) is 13.7. The maximum atomic E-state index is 12.4. The van der Waals surface area contributed by atoms with Crippen LogP contribution in [0.3, 0.4) is 0 Å². The van der Waals surface area contributed by atoms with Gasteiger partial charge in [0.1, 0.15) is 0 Å². The average Bonchev–Trinajstić information content (AvgIpc) is 2.59. The lowest BCUT2D eigenvalue weighted by molar-refractivity contribution is -0.384. The third-order valence-electron chi connectivity index (χ3n) is 4.11. The quantitative estimate of drug-likeness (QED) is 0.575. The average molecular weight is 337 g/mol. The number of nitro benzene ring substituents is 1. The minimum absolute atomic E-state index is 0.0129. The number of aliphatic hydroxyl groups excluding tert-OH is 1. The highest BCUT2D eigenvalue weighted by Crippen LogP contribution is 2.19. The van der Waals surface area contributed by atoms with Crippen LogP contribution in [0.25, 0.3) is 0 Å². The van der Waals surface area contributed by atoms with Crippen LogP contribution >= 0.6 is 0 Å². The van der Waals surface area contributed by atoms with Crippen LogP contribution in [0, 0.1) is 10.1 Å². The highest BCUT2D eigenvalue weighted by molar-refractivity contribution is 5.94. The standard InChI is InChI=1S/C16H23N3O5/c1-12(18-7-3-6-15(11-18)24-9-8-20)16(21)17-13-4-2-5-14(10-13)19(22)23/h2,4-5,10,12,15,20H,3,6-9,11H2,1H3,(H,17,21)/t12-,15-/m1/s1. The van der Waals surface area contributed by atoms with Gasteiger partial charge in [0.05, 0.1) is 30.3 Å². The van der Waals surface area contributed by atoms with Gasteiger partial charge in [-0.2, -0.15) is 0 Å². The second-order valence-corrected chi connectivity index (χ2v) is 5.83. The van der Waals surface area contributed by atoms with E-state index >= 15 is 0 Å². The summed E-state index contributed by atoms with van der Waals surface area (Å²) in [4.78, 5) is 24.7. The number of ether oxygens (including phenoxy) is 1. The molecule has 1 aliphatic heterocycles. The molecule has 8 nitrogen and oxygen atoms in total. The van der Waals surface area contributed by atoms with E-state index in [4.69, 9.17) is 9.84 Å². The summed E-state index contributed by atoms with van der Waals surface area (Å²) >= 11 is 0. The van der Waals surface area contributed by atoms with Crippen LogP contribution < -0.4 is 5.32 Å². The van der Waals surface area contributed by atoms with Gasteiger partial charge in [-0.05, 0) is 32.4 Å². The Morgan fingerprint density at radius 3 is 3.08 bits per heavy atom. The molecule has 0 aliphatic carbocycles. The number of hydrogen-bond acceptors (Lipinski definition) is 6. The lowest BCUT2D eigenvalue weighted by atomic mass is 10.1. The Morgan fingerprint density at radius 2 is 2.38 bits per heavy atom. The second-order valence-electron chi connectivity index (χ2n) is 5.83. The molecule has 24 heavy (non-hydrogen) atoms. The monoisotopic (exact) mass is 337 g/mol. The number of rotatable bonds is 7. The largest absolute Gasteiger partial charge is 0.394 e. The molecule has 2 rings (SSSR count). The Kier molecular flexibility index (Phi) is 6.65. The lowest BCUT2D eigenvalue weighted by Crippen LogP contribution is -2.49. The van der Waals surface area contributed by atoms with Crippen molar-refractivity contribution in [2.45, 2.75) is 31.9 Å². The highest BCUT2D eigenvalue weighted by atomic mass is 16.6. The molecular weight excluding hydrogens is 314 g/mol. The number of piperidine rings is 1. The Morgan fingerprint density at radius 1 is 1.58 bits per heavy atom. The van der Waals surface area contributed by atoms with Crippen molar-refractivity contribution in [3.05, 3.63) is 34.4 Å². The van der Waals surface area contributed by atoms with Crippen LogP contribution in [-0.2, 0) is 9.53 Å². The molecule has 0 bridgehead atoms. The van der Waals surface area contributed by atoms with E-state index in [0.29, 0.717) is 18.8 Å². The fourth-order valence-electron chi connectivity index (χ4n) is 2.78. The number of nitrogens with one attached hydrogen (secondary N) is 1. The summed E-state index contributed by atoms with van der Waals surface area (Å²) in [7, 11) is 0. The predicted octanol–water partition coefficient (Wildman–Crippen LogP) is 1.40. The van der Waals surface area contributed by atoms with Gasteiger partial charge in [-0.1, -0.05) is 6.07 Å². The smallest absolute Gasteiger partial charge is 0.271 e. The van der Waals surface area contributed by atoms with E-state index in [9.17, 15) is 14.9 Å². The van der Waals surface area contributed by atoms with Gasteiger partial charge < -0.3 is 15.2 Å². The Bertz CT molecular complexity index is 581. The first-order valence-corrected chi connectivity index (χ1v) is 8.03. The molecule has 1 aromatic carbocycles. The summed E-state index contributed by atoms with van der Waals surface area (Å²) in [6.07, 6.45) is 1.85. The zero-order valence-electron chi connectivity index (χ0n) is 13.7. The van der Waals surface area contributed by atoms with Crippen molar-refractivity contribution in [3.8, 4) is 0 Å². The number of aliphatic hydroxyl groups is 1. The van der Waals surface area contributed by atoms with E-state index in [1.54, 1.807) is 13.0 Å². The number of carbonyl (C=O) groups is 1. The van der Waals surface area contributed by atoms with Crippen molar-refractivity contribution in [1.82, 2.24) is 4.90 Å². The van der Waals surface area contributed by atoms with Crippen molar-refractivity contribution < 1.29 is 19.6 Å². The summed E-state index contributed by atoms with van der Waals surface area (Å²) < 4.78 is 5.55. The number of non-ortho nitro benzene ring substituents is 1. The normalized spacial score (nSPS) is 19.7. The third-order valence-corrected chi connectivity index (χ3v) is 4.11. The van der Waals surface area contributed by atoms with E-state index < -0.39 is 4.92 Å². The maximum Gasteiger partial charge on any atom is 0.271 e. The topological polar surface area (TPSA) is 105 Å². The molecule has 1 saturated heterocycles. The van der Waals surface area contributed by atoms with E-state index in [2.05, 4.69) is 5.32 Å². The summed E-state index contributed by atoms with van der Waals surface area (Å²) in [6, 6.07) is 5.52. The number of benzene rings is 1. The van der Waals surface area contributed by atoms with Crippen molar-refractivity contribution >= 4 is 17.3 Å². The Balaban J connectivity index is 1.94. The van der Waals surface area contributed by atoms with Gasteiger partial charge in [0, 0.05) is 24.4 Å². The molecule has 2 N–H and O–H groups in total. The Hall–Kier alpha value is -2.03. The van der Waals surface area contributed by atoms with Crippen molar-refractivity contribution in [2.75, 3.05) is 31.6 Å². The minimum atomic E-state index is -0.493. The summed E-state index contributed by atoms with van der Waals surface area (Å²) in [5, 5.41) is 22.4. The molecule has 8 heteroatoms. The van der Waals surface area contributed by atoms with Gasteiger partial charge in [-0.25, -0.2) is 0 Å². The third kappa shape index (κ3) is 4.98. The summed E-state index contributed by atoms with van der Waals surface area (Å²) in [5.74, 6) is -0.210. The number of amides is 1. The van der Waals surface area contributed by atoms with Crippen LogP contribution in [0.5, 0.6) is 0 Å². The summed E-state index contributed by atoms with van der Waals surface area (Å²) in [5.41, 5.74) is 0.349.